The Labute approximate surface area is 143 Å². The molecule has 0 saturated carbocycles. The number of nitrogens with zero attached hydrogens (tertiary/aromatic N) is 5. The quantitative estimate of drug-likeness (QED) is 0.843. The minimum atomic E-state index is 0.0488. The molecule has 0 unspecified atom stereocenters. The van der Waals surface area contributed by atoms with Crippen LogP contribution in [0, 0.1) is 6.92 Å². The first-order valence-corrected chi connectivity index (χ1v) is 8.54. The lowest BCUT2D eigenvalue weighted by Crippen LogP contribution is -2.30. The second-order valence-corrected chi connectivity index (χ2v) is 6.47. The van der Waals surface area contributed by atoms with Crippen molar-refractivity contribution in [3.63, 3.8) is 0 Å². The number of likely N-dealkylation sites (N-methyl/N-ethyl adjacent to an activating group) is 1. The van der Waals surface area contributed by atoms with E-state index in [1.54, 1.807) is 16.6 Å². The van der Waals surface area contributed by atoms with Gasteiger partial charge >= 0.3 is 0 Å². The first-order chi connectivity index (χ1) is 11.6. The lowest BCUT2D eigenvalue weighted by atomic mass is 9.99. The summed E-state index contributed by atoms with van der Waals surface area (Å²) in [5.74, 6) is 0.0488. The highest BCUT2D eigenvalue weighted by atomic mass is 16.2. The van der Waals surface area contributed by atoms with Crippen molar-refractivity contribution in [3.8, 4) is 0 Å². The van der Waals surface area contributed by atoms with Crippen molar-refractivity contribution in [1.29, 1.82) is 0 Å². The van der Waals surface area contributed by atoms with Crippen LogP contribution in [0.25, 0.3) is 0 Å². The van der Waals surface area contributed by atoms with Crippen LogP contribution >= 0.6 is 0 Å². The van der Waals surface area contributed by atoms with Crippen LogP contribution in [0.3, 0.4) is 0 Å². The molecule has 0 fully saturated rings. The number of carbonyl (C=O) groups excluding carboxylic acids is 1. The third-order valence-electron chi connectivity index (χ3n) is 4.59. The summed E-state index contributed by atoms with van der Waals surface area (Å²) in [6.07, 6.45) is 4.17. The third-order valence-corrected chi connectivity index (χ3v) is 4.59. The number of benzene rings is 1. The van der Waals surface area contributed by atoms with Crippen LogP contribution in [0.4, 0.5) is 5.69 Å². The Bertz CT molecular complexity index is 724. The summed E-state index contributed by atoms with van der Waals surface area (Å²) in [6, 6.07) is 6.64. The van der Waals surface area contributed by atoms with Gasteiger partial charge in [-0.3, -0.25) is 4.79 Å². The smallest absolute Gasteiger partial charge is 0.244 e. The van der Waals surface area contributed by atoms with Gasteiger partial charge in [-0.2, -0.15) is 0 Å². The molecule has 1 aromatic carbocycles. The normalized spacial score (nSPS) is 13.7. The maximum Gasteiger partial charge on any atom is 0.244 e. The summed E-state index contributed by atoms with van der Waals surface area (Å²) in [7, 11) is 1.80. The van der Waals surface area contributed by atoms with Crippen LogP contribution in [0.5, 0.6) is 0 Å². The fraction of sp³-hybridized carbons (Fsp3) is 0.500. The van der Waals surface area contributed by atoms with Gasteiger partial charge in [0.05, 0.1) is 12.7 Å². The Morgan fingerprint density at radius 1 is 1.38 bits per heavy atom. The van der Waals surface area contributed by atoms with Crippen molar-refractivity contribution in [3.05, 3.63) is 41.2 Å². The van der Waals surface area contributed by atoms with Crippen molar-refractivity contribution < 1.29 is 4.79 Å². The molecule has 0 N–H and O–H groups in total. The van der Waals surface area contributed by atoms with Crippen LogP contribution in [-0.2, 0) is 24.3 Å². The van der Waals surface area contributed by atoms with Gasteiger partial charge < -0.3 is 9.80 Å². The summed E-state index contributed by atoms with van der Waals surface area (Å²) < 4.78 is 1.63. The van der Waals surface area contributed by atoms with Crippen LogP contribution in [0.1, 0.15) is 30.2 Å². The fourth-order valence-corrected chi connectivity index (χ4v) is 3.09. The Kier molecular flexibility index (Phi) is 4.83. The molecule has 24 heavy (non-hydrogen) atoms. The molecule has 6 heteroatoms. The number of rotatable bonds is 5. The van der Waals surface area contributed by atoms with Gasteiger partial charge in [0.1, 0.15) is 12.2 Å². The zero-order chi connectivity index (χ0) is 17.1. The van der Waals surface area contributed by atoms with Gasteiger partial charge in [-0.25, -0.2) is 4.68 Å². The van der Waals surface area contributed by atoms with Crippen molar-refractivity contribution >= 4 is 11.6 Å². The number of hydrogen-bond donors (Lipinski definition) is 0. The molecule has 0 aliphatic carbocycles. The zero-order valence-electron chi connectivity index (χ0n) is 14.7. The second-order valence-electron chi connectivity index (χ2n) is 6.47. The molecule has 0 atom stereocenters. The first-order valence-electron chi connectivity index (χ1n) is 8.54. The molecule has 3 rings (SSSR count). The molecule has 1 aliphatic rings. The van der Waals surface area contributed by atoms with E-state index in [1.807, 2.05) is 13.1 Å². The molecule has 0 radical (unpaired) electrons. The van der Waals surface area contributed by atoms with E-state index >= 15 is 0 Å². The lowest BCUT2D eigenvalue weighted by molar-refractivity contribution is -0.130. The predicted octanol–water partition coefficient (Wildman–Crippen LogP) is 2.02. The number of aryl methyl sites for hydroxylation is 2. The van der Waals surface area contributed by atoms with Gasteiger partial charge in [0.15, 0.2) is 0 Å². The Balaban J connectivity index is 1.69. The molecule has 6 nitrogen and oxygen atoms in total. The SMILES string of the molecule is CCN(C)C(=O)Cn1cc(CN2CCCc3cc(C)ccc32)nn1. The van der Waals surface area contributed by atoms with Crippen LogP contribution in [0.2, 0.25) is 0 Å². The minimum absolute atomic E-state index is 0.0488. The summed E-state index contributed by atoms with van der Waals surface area (Å²) in [4.78, 5) is 16.0. The topological polar surface area (TPSA) is 54.3 Å². The van der Waals surface area contributed by atoms with Gasteiger partial charge in [0.2, 0.25) is 5.91 Å². The van der Waals surface area contributed by atoms with E-state index in [0.717, 1.165) is 31.6 Å². The van der Waals surface area contributed by atoms with Gasteiger partial charge in [-0.1, -0.05) is 22.9 Å². The summed E-state index contributed by atoms with van der Waals surface area (Å²) in [6.45, 7) is 6.79. The largest absolute Gasteiger partial charge is 0.365 e. The van der Waals surface area contributed by atoms with Crippen LogP contribution in [0.15, 0.2) is 24.4 Å². The third kappa shape index (κ3) is 3.58. The van der Waals surface area contributed by atoms with E-state index in [9.17, 15) is 4.79 Å². The monoisotopic (exact) mass is 327 g/mol. The molecule has 0 spiro atoms. The van der Waals surface area contributed by atoms with Gasteiger partial charge in [0, 0.05) is 25.8 Å². The molecule has 1 aliphatic heterocycles. The van der Waals surface area contributed by atoms with Gasteiger partial charge in [0.25, 0.3) is 0 Å². The average Bonchev–Trinajstić information content (AvgIpc) is 3.01. The van der Waals surface area contributed by atoms with E-state index in [-0.39, 0.29) is 12.5 Å². The Morgan fingerprint density at radius 2 is 2.21 bits per heavy atom. The summed E-state index contributed by atoms with van der Waals surface area (Å²) >= 11 is 0. The second kappa shape index (κ2) is 7.03. The van der Waals surface area contributed by atoms with Crippen LogP contribution < -0.4 is 4.90 Å². The Morgan fingerprint density at radius 3 is 3.00 bits per heavy atom. The standard InChI is InChI=1S/C18H25N5O/c1-4-21(3)18(24)13-23-12-16(19-20-23)11-22-9-5-6-15-10-14(2)7-8-17(15)22/h7-8,10,12H,4-6,9,11,13H2,1-3H3. The van der Waals surface area contributed by atoms with Crippen molar-refractivity contribution in [2.24, 2.45) is 0 Å². The van der Waals surface area contributed by atoms with E-state index in [1.165, 1.54) is 16.8 Å². The molecular formula is C18H25N5O. The predicted molar refractivity (Wildman–Crippen MR) is 93.9 cm³/mol. The van der Waals surface area contributed by atoms with Gasteiger partial charge in [-0.05, 0) is 38.3 Å². The maximum atomic E-state index is 12.0. The number of anilines is 1. The minimum Gasteiger partial charge on any atom is -0.365 e. The first kappa shape index (κ1) is 16.5. The molecule has 0 saturated heterocycles. The lowest BCUT2D eigenvalue weighted by Gasteiger charge is -2.30. The van der Waals surface area contributed by atoms with E-state index in [2.05, 4.69) is 40.3 Å². The van der Waals surface area contributed by atoms with Crippen LogP contribution in [-0.4, -0.2) is 45.9 Å². The molecule has 1 aromatic heterocycles. The average molecular weight is 327 g/mol. The Hall–Kier alpha value is -2.37. The molecule has 2 heterocycles. The number of amides is 1. The maximum absolute atomic E-state index is 12.0. The highest BCUT2D eigenvalue weighted by Crippen LogP contribution is 2.28. The van der Waals surface area contributed by atoms with E-state index < -0.39 is 0 Å². The van der Waals surface area contributed by atoms with Gasteiger partial charge in [-0.15, -0.1) is 5.10 Å². The molecule has 1 amide bonds. The van der Waals surface area contributed by atoms with Crippen molar-refractivity contribution in [2.75, 3.05) is 25.0 Å². The van der Waals surface area contributed by atoms with Crippen molar-refractivity contribution in [2.45, 2.75) is 39.8 Å². The van der Waals surface area contributed by atoms with E-state index in [4.69, 9.17) is 0 Å². The molecule has 0 bridgehead atoms. The molecular weight excluding hydrogens is 302 g/mol. The highest BCUT2D eigenvalue weighted by Gasteiger charge is 2.18. The zero-order valence-corrected chi connectivity index (χ0v) is 14.7. The number of aromatic nitrogens is 3. The number of carbonyl (C=O) groups is 1. The summed E-state index contributed by atoms with van der Waals surface area (Å²) in [5, 5.41) is 8.34. The number of hydrogen-bond acceptors (Lipinski definition) is 4. The highest BCUT2D eigenvalue weighted by molar-refractivity contribution is 5.75. The molecule has 128 valence electrons. The van der Waals surface area contributed by atoms with Crippen molar-refractivity contribution in [1.82, 2.24) is 19.9 Å². The van der Waals surface area contributed by atoms with E-state index in [0.29, 0.717) is 6.54 Å². The summed E-state index contributed by atoms with van der Waals surface area (Å²) in [5.41, 5.74) is 4.91. The molecule has 2 aromatic rings. The number of fused-ring (bicyclic) bond motifs is 1. The fourth-order valence-electron chi connectivity index (χ4n) is 3.09.